The fraction of sp³-hybridized carbons (Fsp3) is 0.615. The summed E-state index contributed by atoms with van der Waals surface area (Å²) in [6, 6.07) is 2.11. The van der Waals surface area contributed by atoms with Crippen molar-refractivity contribution in [1.29, 1.82) is 5.26 Å². The number of thiophene rings is 1. The molecule has 0 aromatic carbocycles. The molecule has 1 aromatic heterocycles. The maximum atomic E-state index is 9.05. The van der Waals surface area contributed by atoms with Crippen molar-refractivity contribution >= 4 is 22.0 Å². The maximum absolute atomic E-state index is 9.05. The van der Waals surface area contributed by atoms with Crippen molar-refractivity contribution in [3.8, 4) is 11.8 Å². The Balaban J connectivity index is 2.11. The third-order valence-electron chi connectivity index (χ3n) is 2.93. The Labute approximate surface area is 117 Å². The molecule has 3 N–H and O–H groups in total. The Bertz CT molecular complexity index is 473. The summed E-state index contributed by atoms with van der Waals surface area (Å²) in [6.45, 7) is 6.33. The van der Waals surface area contributed by atoms with Crippen LogP contribution in [0.5, 0.6) is 5.75 Å². The number of nitrogens with one attached hydrogen (secondary N) is 1. The molecule has 1 atom stereocenters. The molecule has 0 aliphatic carbocycles. The van der Waals surface area contributed by atoms with Gasteiger partial charge in [-0.2, -0.15) is 5.26 Å². The van der Waals surface area contributed by atoms with E-state index in [4.69, 9.17) is 20.5 Å². The van der Waals surface area contributed by atoms with E-state index in [1.807, 2.05) is 13.8 Å². The van der Waals surface area contributed by atoms with Crippen LogP contribution in [0.15, 0.2) is 0 Å². The number of nitrogen functional groups attached to an aromatic ring is 1. The van der Waals surface area contributed by atoms with Crippen molar-refractivity contribution < 1.29 is 9.47 Å². The van der Waals surface area contributed by atoms with Gasteiger partial charge in [0.1, 0.15) is 21.6 Å². The molecule has 0 saturated carbocycles. The van der Waals surface area contributed by atoms with Crippen LogP contribution >= 0.6 is 11.3 Å². The van der Waals surface area contributed by atoms with E-state index in [1.165, 1.54) is 11.3 Å². The molecule has 0 spiro atoms. The Kier molecular flexibility index (Phi) is 4.51. The molecule has 5 nitrogen and oxygen atoms in total. The van der Waals surface area contributed by atoms with Crippen molar-refractivity contribution in [3.63, 3.8) is 0 Å². The molecule has 1 aliphatic heterocycles. The van der Waals surface area contributed by atoms with Crippen LogP contribution in [0, 0.1) is 17.2 Å². The molecule has 2 heterocycles. The number of hydrogen-bond donors (Lipinski definition) is 2. The summed E-state index contributed by atoms with van der Waals surface area (Å²) in [5.74, 6) is 1.12. The lowest BCUT2D eigenvalue weighted by Gasteiger charge is -2.14. The lowest BCUT2D eigenvalue weighted by molar-refractivity contribution is 0.187. The summed E-state index contributed by atoms with van der Waals surface area (Å²) in [7, 11) is 0. The second kappa shape index (κ2) is 6.13. The predicted molar refractivity (Wildman–Crippen MR) is 76.6 cm³/mol. The van der Waals surface area contributed by atoms with Crippen LogP contribution in [0.1, 0.15) is 25.1 Å². The molecule has 1 aliphatic rings. The number of rotatable bonds is 5. The summed E-state index contributed by atoms with van der Waals surface area (Å²) < 4.78 is 11.1. The number of nitriles is 1. The molecule has 19 heavy (non-hydrogen) atoms. The fourth-order valence-electron chi connectivity index (χ4n) is 1.96. The fourth-order valence-corrected chi connectivity index (χ4v) is 2.82. The van der Waals surface area contributed by atoms with Crippen LogP contribution in [0.3, 0.4) is 0 Å². The summed E-state index contributed by atoms with van der Waals surface area (Å²) in [4.78, 5) is 0.501. The first-order valence-electron chi connectivity index (χ1n) is 6.42. The average Bonchev–Trinajstić information content (AvgIpc) is 2.97. The Morgan fingerprint density at radius 2 is 2.42 bits per heavy atom. The summed E-state index contributed by atoms with van der Waals surface area (Å²) in [5, 5.41) is 13.2. The van der Waals surface area contributed by atoms with E-state index < -0.39 is 0 Å². The first-order valence-corrected chi connectivity index (χ1v) is 7.24. The number of nitrogens with zero attached hydrogens (tertiary/aromatic N) is 1. The second-order valence-corrected chi connectivity index (χ2v) is 5.91. The number of hydrogen-bond acceptors (Lipinski definition) is 6. The Morgan fingerprint density at radius 3 is 3.00 bits per heavy atom. The van der Waals surface area contributed by atoms with E-state index in [2.05, 4.69) is 11.4 Å². The molecule has 0 bridgehead atoms. The minimum atomic E-state index is 0.0267. The third kappa shape index (κ3) is 3.31. The summed E-state index contributed by atoms with van der Waals surface area (Å²) in [5.41, 5.74) is 6.38. The number of ether oxygens (including phenoxy) is 2. The highest BCUT2D eigenvalue weighted by atomic mass is 32.1. The quantitative estimate of drug-likeness (QED) is 0.866. The molecule has 104 valence electrons. The van der Waals surface area contributed by atoms with Crippen molar-refractivity contribution in [2.45, 2.75) is 26.4 Å². The predicted octanol–water partition coefficient (Wildman–Crippen LogP) is 2.44. The zero-order valence-electron chi connectivity index (χ0n) is 11.2. The minimum Gasteiger partial charge on any atom is -0.486 e. The lowest BCUT2D eigenvalue weighted by atomic mass is 10.1. The zero-order valence-corrected chi connectivity index (χ0v) is 12.0. The van der Waals surface area contributed by atoms with E-state index in [0.29, 0.717) is 22.2 Å². The second-order valence-electron chi connectivity index (χ2n) is 4.89. The monoisotopic (exact) mass is 281 g/mol. The highest BCUT2D eigenvalue weighted by Crippen LogP contribution is 2.42. The molecule has 2 rings (SSSR count). The SMILES string of the molecule is CC(C)Oc1c(NCC2CCOC2)sc(C#N)c1N. The largest absolute Gasteiger partial charge is 0.486 e. The molecular weight excluding hydrogens is 262 g/mol. The summed E-state index contributed by atoms with van der Waals surface area (Å²) >= 11 is 1.35. The lowest BCUT2D eigenvalue weighted by Crippen LogP contribution is -2.15. The van der Waals surface area contributed by atoms with Crippen molar-refractivity contribution in [1.82, 2.24) is 0 Å². The van der Waals surface area contributed by atoms with Crippen LogP contribution in [0.25, 0.3) is 0 Å². The first-order chi connectivity index (χ1) is 9.11. The van der Waals surface area contributed by atoms with Gasteiger partial charge in [0.05, 0.1) is 12.7 Å². The minimum absolute atomic E-state index is 0.0267. The van der Waals surface area contributed by atoms with Crippen molar-refractivity contribution in [3.05, 3.63) is 4.88 Å². The maximum Gasteiger partial charge on any atom is 0.178 e. The third-order valence-corrected chi connectivity index (χ3v) is 3.98. The van der Waals surface area contributed by atoms with Gasteiger partial charge in [0.2, 0.25) is 0 Å². The van der Waals surface area contributed by atoms with Gasteiger partial charge in [-0.1, -0.05) is 0 Å². The van der Waals surface area contributed by atoms with Gasteiger partial charge in [0.25, 0.3) is 0 Å². The molecule has 1 saturated heterocycles. The smallest absolute Gasteiger partial charge is 0.178 e. The van der Waals surface area contributed by atoms with Crippen LogP contribution in [0.4, 0.5) is 10.7 Å². The Morgan fingerprint density at radius 1 is 1.63 bits per heavy atom. The van der Waals surface area contributed by atoms with Gasteiger partial charge in [-0.3, -0.25) is 0 Å². The molecule has 1 unspecified atom stereocenters. The molecule has 0 radical (unpaired) electrons. The van der Waals surface area contributed by atoms with Crippen molar-refractivity contribution in [2.24, 2.45) is 5.92 Å². The van der Waals surface area contributed by atoms with E-state index in [-0.39, 0.29) is 6.10 Å². The molecular formula is C13H19N3O2S. The van der Waals surface area contributed by atoms with E-state index >= 15 is 0 Å². The Hall–Kier alpha value is -1.45. The molecule has 1 aromatic rings. The normalized spacial score (nSPS) is 18.5. The van der Waals surface area contributed by atoms with Gasteiger partial charge in [0, 0.05) is 19.1 Å². The number of nitrogens with two attached hydrogens (primary N) is 1. The van der Waals surface area contributed by atoms with Crippen LogP contribution in [-0.2, 0) is 4.74 Å². The van der Waals surface area contributed by atoms with Gasteiger partial charge in [0.15, 0.2) is 5.75 Å². The average molecular weight is 281 g/mol. The van der Waals surface area contributed by atoms with Gasteiger partial charge in [-0.25, -0.2) is 0 Å². The topological polar surface area (TPSA) is 80.3 Å². The van der Waals surface area contributed by atoms with Gasteiger partial charge in [-0.05, 0) is 20.3 Å². The molecule has 0 amide bonds. The summed E-state index contributed by atoms with van der Waals surface area (Å²) in [6.07, 6.45) is 1.10. The molecule has 1 fully saturated rings. The van der Waals surface area contributed by atoms with Crippen LogP contribution in [0.2, 0.25) is 0 Å². The van der Waals surface area contributed by atoms with Crippen molar-refractivity contribution in [2.75, 3.05) is 30.8 Å². The van der Waals surface area contributed by atoms with E-state index in [0.717, 1.165) is 31.2 Å². The highest BCUT2D eigenvalue weighted by molar-refractivity contribution is 7.17. The standard InChI is InChI=1S/C13H19N3O2S/c1-8(2)18-12-11(15)10(5-14)19-13(12)16-6-9-3-4-17-7-9/h8-9,16H,3-4,6-7,15H2,1-2H3. The van der Waals surface area contributed by atoms with Gasteiger partial charge < -0.3 is 20.5 Å². The first kappa shape index (κ1) is 14.0. The number of anilines is 2. The van der Waals surface area contributed by atoms with E-state index in [9.17, 15) is 0 Å². The van der Waals surface area contributed by atoms with E-state index in [1.54, 1.807) is 0 Å². The zero-order chi connectivity index (χ0) is 13.8. The van der Waals surface area contributed by atoms with Gasteiger partial charge in [-0.15, -0.1) is 11.3 Å². The van der Waals surface area contributed by atoms with Crippen LogP contribution < -0.4 is 15.8 Å². The van der Waals surface area contributed by atoms with Crippen LogP contribution in [-0.4, -0.2) is 25.9 Å². The molecule has 6 heteroatoms. The highest BCUT2D eigenvalue weighted by Gasteiger charge is 2.21. The van der Waals surface area contributed by atoms with Gasteiger partial charge >= 0.3 is 0 Å².